The first-order valence-electron chi connectivity index (χ1n) is 8.88. The van der Waals surface area contributed by atoms with Gasteiger partial charge in [0.1, 0.15) is 0 Å². The van der Waals surface area contributed by atoms with Gasteiger partial charge in [-0.25, -0.2) is 9.97 Å². The number of rotatable bonds is 7. The Hall–Kier alpha value is -2.83. The number of aromatic nitrogens is 4. The van der Waals surface area contributed by atoms with Gasteiger partial charge in [-0.1, -0.05) is 6.07 Å². The summed E-state index contributed by atoms with van der Waals surface area (Å²) in [5.41, 5.74) is 3.57. The van der Waals surface area contributed by atoms with Gasteiger partial charge in [-0.2, -0.15) is 0 Å². The average molecular weight is 376 g/mol. The summed E-state index contributed by atoms with van der Waals surface area (Å²) >= 11 is 1.81. The molecule has 0 spiro atoms. The third-order valence-electron chi connectivity index (χ3n) is 4.43. The van der Waals surface area contributed by atoms with Crippen molar-refractivity contribution in [1.29, 1.82) is 0 Å². The van der Waals surface area contributed by atoms with Gasteiger partial charge in [-0.3, -0.25) is 14.5 Å². The van der Waals surface area contributed by atoms with E-state index in [1.165, 1.54) is 10.4 Å². The predicted molar refractivity (Wildman–Crippen MR) is 108 cm³/mol. The van der Waals surface area contributed by atoms with Crippen molar-refractivity contribution in [2.24, 2.45) is 0 Å². The molecule has 0 radical (unpaired) electrons. The van der Waals surface area contributed by atoms with Crippen LogP contribution in [0.3, 0.4) is 0 Å². The summed E-state index contributed by atoms with van der Waals surface area (Å²) < 4.78 is 2.05. The third kappa shape index (κ3) is 4.30. The molecular weight excluding hydrogens is 354 g/mol. The van der Waals surface area contributed by atoms with Crippen LogP contribution in [0.5, 0.6) is 0 Å². The van der Waals surface area contributed by atoms with Crippen LogP contribution < -0.4 is 0 Å². The molecule has 0 fully saturated rings. The van der Waals surface area contributed by atoms with E-state index < -0.39 is 0 Å². The van der Waals surface area contributed by atoms with Crippen molar-refractivity contribution in [3.05, 3.63) is 94.5 Å². The van der Waals surface area contributed by atoms with Gasteiger partial charge in [0.05, 0.1) is 5.69 Å². The summed E-state index contributed by atoms with van der Waals surface area (Å²) in [5, 5.41) is 2.16. The van der Waals surface area contributed by atoms with Crippen LogP contribution in [0.15, 0.2) is 72.6 Å². The second-order valence-electron chi connectivity index (χ2n) is 6.41. The van der Waals surface area contributed by atoms with Gasteiger partial charge in [-0.15, -0.1) is 11.3 Å². The summed E-state index contributed by atoms with van der Waals surface area (Å²) in [5.74, 6) is 0.697. The largest absolute Gasteiger partial charge is 0.288 e. The van der Waals surface area contributed by atoms with Crippen LogP contribution in [0.1, 0.15) is 21.8 Å². The van der Waals surface area contributed by atoms with Gasteiger partial charge in [0.2, 0.25) is 5.95 Å². The van der Waals surface area contributed by atoms with Gasteiger partial charge in [-0.05, 0) is 54.3 Å². The molecule has 0 amide bonds. The SMILES string of the molecule is Cc1ccsc1CN(Cc1ccccn1)Cc1cccn1-c1ncccn1. The predicted octanol–water partition coefficient (Wildman–Crippen LogP) is 4.23. The minimum absolute atomic E-state index is 0.697. The van der Waals surface area contributed by atoms with Crippen molar-refractivity contribution in [3.8, 4) is 5.95 Å². The molecule has 0 saturated heterocycles. The normalized spacial score (nSPS) is 11.2. The number of thiophene rings is 1. The van der Waals surface area contributed by atoms with Crippen LogP contribution >= 0.6 is 11.3 Å². The smallest absolute Gasteiger partial charge is 0.233 e. The van der Waals surface area contributed by atoms with Gasteiger partial charge >= 0.3 is 0 Å². The zero-order chi connectivity index (χ0) is 18.5. The van der Waals surface area contributed by atoms with Crippen molar-refractivity contribution in [3.63, 3.8) is 0 Å². The second-order valence-corrected chi connectivity index (χ2v) is 7.41. The molecule has 4 aromatic rings. The van der Waals surface area contributed by atoms with Crippen LogP contribution in [0.2, 0.25) is 0 Å². The van der Waals surface area contributed by atoms with Crippen molar-refractivity contribution in [2.75, 3.05) is 0 Å². The van der Waals surface area contributed by atoms with Crippen molar-refractivity contribution in [2.45, 2.75) is 26.6 Å². The quantitative estimate of drug-likeness (QED) is 0.485. The Bertz CT molecular complexity index is 978. The van der Waals surface area contributed by atoms with Crippen LogP contribution in [0.25, 0.3) is 5.95 Å². The van der Waals surface area contributed by atoms with E-state index in [-0.39, 0.29) is 0 Å². The Morgan fingerprint density at radius 2 is 1.74 bits per heavy atom. The molecule has 4 aromatic heterocycles. The first kappa shape index (κ1) is 17.6. The molecule has 0 saturated carbocycles. The van der Waals surface area contributed by atoms with Crippen LogP contribution in [-0.4, -0.2) is 24.4 Å². The topological polar surface area (TPSA) is 46.8 Å². The Morgan fingerprint density at radius 1 is 0.889 bits per heavy atom. The molecule has 5 nitrogen and oxygen atoms in total. The standard InChI is InChI=1S/C21H21N5S/c1-17-8-13-27-20(17)16-25(14-18-6-2-3-9-22-18)15-19-7-4-12-26(19)21-23-10-5-11-24-21/h2-13H,14-16H2,1H3. The highest BCUT2D eigenvalue weighted by Gasteiger charge is 2.14. The minimum Gasteiger partial charge on any atom is -0.288 e. The summed E-state index contributed by atoms with van der Waals surface area (Å²) in [6.07, 6.45) is 7.41. The monoisotopic (exact) mass is 375 g/mol. The highest BCUT2D eigenvalue weighted by atomic mass is 32.1. The molecule has 27 heavy (non-hydrogen) atoms. The van der Waals surface area contributed by atoms with Crippen molar-refractivity contribution >= 4 is 11.3 Å². The van der Waals surface area contributed by atoms with Crippen LogP contribution in [-0.2, 0) is 19.6 Å². The van der Waals surface area contributed by atoms with E-state index in [1.54, 1.807) is 12.4 Å². The first-order chi connectivity index (χ1) is 13.3. The Morgan fingerprint density at radius 3 is 2.48 bits per heavy atom. The molecule has 0 atom stereocenters. The zero-order valence-electron chi connectivity index (χ0n) is 15.2. The maximum atomic E-state index is 4.51. The average Bonchev–Trinajstić information content (AvgIpc) is 3.32. The molecule has 0 aromatic carbocycles. The molecule has 0 unspecified atom stereocenters. The summed E-state index contributed by atoms with van der Waals surface area (Å²) in [4.78, 5) is 17.1. The zero-order valence-corrected chi connectivity index (χ0v) is 16.0. The van der Waals surface area contributed by atoms with Gasteiger partial charge < -0.3 is 0 Å². The second kappa shape index (κ2) is 8.24. The number of hydrogen-bond acceptors (Lipinski definition) is 5. The Balaban J connectivity index is 1.60. The lowest BCUT2D eigenvalue weighted by atomic mass is 10.2. The number of hydrogen-bond donors (Lipinski definition) is 0. The first-order valence-corrected chi connectivity index (χ1v) is 9.76. The highest BCUT2D eigenvalue weighted by molar-refractivity contribution is 7.10. The van der Waals surface area contributed by atoms with Gasteiger partial charge in [0.25, 0.3) is 0 Å². The lowest BCUT2D eigenvalue weighted by molar-refractivity contribution is 0.242. The molecular formula is C21H21N5S. The van der Waals surface area contributed by atoms with Gasteiger partial charge in [0, 0.05) is 55.0 Å². The highest BCUT2D eigenvalue weighted by Crippen LogP contribution is 2.21. The van der Waals surface area contributed by atoms with E-state index in [0.717, 1.165) is 31.0 Å². The third-order valence-corrected chi connectivity index (χ3v) is 5.44. The van der Waals surface area contributed by atoms with E-state index in [1.807, 2.05) is 52.6 Å². The van der Waals surface area contributed by atoms with E-state index in [2.05, 4.69) is 50.4 Å². The van der Waals surface area contributed by atoms with E-state index in [4.69, 9.17) is 0 Å². The summed E-state index contributed by atoms with van der Waals surface area (Å²) in [7, 11) is 0. The summed E-state index contributed by atoms with van der Waals surface area (Å²) in [6.45, 7) is 4.64. The maximum absolute atomic E-state index is 4.51. The Labute approximate surface area is 163 Å². The fraction of sp³-hybridized carbons (Fsp3) is 0.190. The van der Waals surface area contributed by atoms with E-state index in [9.17, 15) is 0 Å². The minimum atomic E-state index is 0.697. The van der Waals surface area contributed by atoms with Crippen molar-refractivity contribution in [1.82, 2.24) is 24.4 Å². The van der Waals surface area contributed by atoms with Crippen LogP contribution in [0, 0.1) is 6.92 Å². The fourth-order valence-corrected chi connectivity index (χ4v) is 3.99. The number of aryl methyl sites for hydroxylation is 1. The van der Waals surface area contributed by atoms with E-state index in [0.29, 0.717) is 5.95 Å². The molecule has 4 rings (SSSR count). The Kier molecular flexibility index (Phi) is 5.37. The summed E-state index contributed by atoms with van der Waals surface area (Å²) in [6, 6.07) is 14.3. The molecule has 0 bridgehead atoms. The molecule has 0 N–H and O–H groups in total. The molecule has 4 heterocycles. The number of pyridine rings is 1. The molecule has 136 valence electrons. The van der Waals surface area contributed by atoms with E-state index >= 15 is 0 Å². The maximum Gasteiger partial charge on any atom is 0.233 e. The molecule has 0 aliphatic carbocycles. The fourth-order valence-electron chi connectivity index (χ4n) is 3.04. The molecule has 0 aliphatic heterocycles. The number of nitrogens with zero attached hydrogens (tertiary/aromatic N) is 5. The lowest BCUT2D eigenvalue weighted by Crippen LogP contribution is -2.24. The van der Waals surface area contributed by atoms with Crippen LogP contribution in [0.4, 0.5) is 0 Å². The molecule has 0 aliphatic rings. The lowest BCUT2D eigenvalue weighted by Gasteiger charge is -2.22. The van der Waals surface area contributed by atoms with Gasteiger partial charge in [0.15, 0.2) is 0 Å². The molecule has 6 heteroatoms. The van der Waals surface area contributed by atoms with Crippen molar-refractivity contribution < 1.29 is 0 Å².